The van der Waals surface area contributed by atoms with Crippen LogP contribution in [0, 0.1) is 0 Å². The van der Waals surface area contributed by atoms with Crippen molar-refractivity contribution in [3.63, 3.8) is 0 Å². The molecule has 0 fully saturated rings. The van der Waals surface area contributed by atoms with E-state index in [0.717, 1.165) is 109 Å². The highest BCUT2D eigenvalue weighted by molar-refractivity contribution is 6.04. The normalized spacial score (nSPS) is 14.9. The maximum atomic E-state index is 4.87. The summed E-state index contributed by atoms with van der Waals surface area (Å²) < 4.78 is 0. The molecule has 0 radical (unpaired) electrons. The van der Waals surface area contributed by atoms with Crippen molar-refractivity contribution in [1.29, 1.82) is 0 Å². The molecular weight excluding hydrogens is 1700 g/mol. The third-order valence-corrected chi connectivity index (χ3v) is 34.2. The van der Waals surface area contributed by atoms with Gasteiger partial charge in [-0.05, 0) is 392 Å². The molecular formula is C132H88N8. The number of para-hydroxylation sites is 4. The summed E-state index contributed by atoms with van der Waals surface area (Å²) in [5, 5.41) is 0. The van der Waals surface area contributed by atoms with Crippen LogP contribution in [0.25, 0.3) is 89.0 Å². The van der Waals surface area contributed by atoms with E-state index >= 15 is 0 Å². The molecule has 0 atom stereocenters. The minimum Gasteiger partial charge on any atom is -0.309 e. The molecule has 36 rings (SSSR count). The lowest BCUT2D eigenvalue weighted by Crippen LogP contribution is -2.25. The van der Waals surface area contributed by atoms with Gasteiger partial charge in [0, 0.05) is 82.4 Å². The average molecular weight is 1790 g/mol. The fraction of sp³-hybridized carbons (Fsp3) is 0.121. The Labute approximate surface area is 812 Å². The first-order valence-electron chi connectivity index (χ1n) is 50.3. The second-order valence-corrected chi connectivity index (χ2v) is 41.5. The smallest absolute Gasteiger partial charge is 0.141 e. The van der Waals surface area contributed by atoms with E-state index in [9.17, 15) is 0 Å². The number of nitrogens with zero attached hydrogens (tertiary/aromatic N) is 8. The third kappa shape index (κ3) is 10.8. The Hall–Kier alpha value is -16.7. The number of fused-ring (bicyclic) bond motifs is 44. The quantitative estimate of drug-likeness (QED) is 0.149. The maximum absolute atomic E-state index is 4.87. The zero-order chi connectivity index (χ0) is 90.7. The SMILES string of the molecule is c1ccc2c(c1)Cc1c-2ccc2c1-c1cc3c(cc1C2)N1c2cnccc2Cc2cccc(c21)C3.c1ccc2c(c1)Cc1c-2ccc2c1-c1cc3c(cc1C2)N1c2ncccc2Cc2cccc(c21)C3.c1ccc2c(c1)Cc1ccc3c(c1-2)-c1cc2c(cc1C3)N1c3cccnc3Cc3cccc(c31)C2.c1ccc2c(c1)Cc1ccc3c(c1-2)-c1cc2c(cc1C3)N1c3ccncc3Cc3cccc(c31)C2. The van der Waals surface area contributed by atoms with Crippen LogP contribution in [-0.2, 0) is 103 Å². The van der Waals surface area contributed by atoms with Gasteiger partial charge < -0.3 is 14.7 Å². The summed E-state index contributed by atoms with van der Waals surface area (Å²) in [5.74, 6) is 1.10. The Morgan fingerprint density at radius 3 is 0.979 bits per heavy atom. The lowest BCUT2D eigenvalue weighted by atomic mass is 9.85. The molecule has 0 amide bonds. The average Bonchev–Trinajstić information content (AvgIpc) is 1.71. The zero-order valence-corrected chi connectivity index (χ0v) is 77.2. The summed E-state index contributed by atoms with van der Waals surface area (Å²) in [4.78, 5) is 28.6. The maximum Gasteiger partial charge on any atom is 0.141 e. The first-order chi connectivity index (χ1) is 69.3. The predicted molar refractivity (Wildman–Crippen MR) is 564 cm³/mol. The number of aromatic nitrogens is 4. The number of rotatable bonds is 0. The van der Waals surface area contributed by atoms with Crippen molar-refractivity contribution >= 4 is 68.4 Å². The van der Waals surface area contributed by atoms with E-state index in [1.165, 1.54) is 330 Å². The van der Waals surface area contributed by atoms with Crippen molar-refractivity contribution in [2.45, 2.75) is 103 Å². The lowest BCUT2D eigenvalue weighted by molar-refractivity contribution is 0.970. The molecule has 4 aromatic heterocycles. The predicted octanol–water partition coefficient (Wildman–Crippen LogP) is 30.0. The van der Waals surface area contributed by atoms with Crippen molar-refractivity contribution in [1.82, 2.24) is 19.9 Å². The first-order valence-corrected chi connectivity index (χ1v) is 50.3. The second-order valence-electron chi connectivity index (χ2n) is 41.5. The second kappa shape index (κ2) is 28.5. The molecule has 0 saturated carbocycles. The number of anilines is 12. The van der Waals surface area contributed by atoms with E-state index < -0.39 is 0 Å². The van der Waals surface area contributed by atoms with Crippen molar-refractivity contribution in [3.05, 3.63) is 519 Å². The molecule has 20 aromatic rings. The highest BCUT2D eigenvalue weighted by Crippen LogP contribution is 2.62. The summed E-state index contributed by atoms with van der Waals surface area (Å²) >= 11 is 0. The van der Waals surface area contributed by atoms with Crippen LogP contribution < -0.4 is 19.6 Å². The van der Waals surface area contributed by atoms with E-state index in [1.54, 1.807) is 0 Å². The minimum atomic E-state index is 0.910. The van der Waals surface area contributed by atoms with Crippen LogP contribution in [0.5, 0.6) is 0 Å². The number of pyridine rings is 4. The Morgan fingerprint density at radius 2 is 0.486 bits per heavy atom. The van der Waals surface area contributed by atoms with Gasteiger partial charge in [-0.1, -0.05) is 224 Å². The van der Waals surface area contributed by atoms with Gasteiger partial charge in [0.2, 0.25) is 0 Å². The van der Waals surface area contributed by atoms with Gasteiger partial charge in [-0.3, -0.25) is 19.9 Å². The van der Waals surface area contributed by atoms with Gasteiger partial charge in [-0.25, -0.2) is 4.98 Å². The van der Waals surface area contributed by atoms with Crippen LogP contribution in [0.1, 0.15) is 178 Å². The van der Waals surface area contributed by atoms with Gasteiger partial charge in [-0.2, -0.15) is 0 Å². The van der Waals surface area contributed by atoms with E-state index in [-0.39, 0.29) is 0 Å². The lowest BCUT2D eigenvalue weighted by Gasteiger charge is -2.39. The molecule has 16 aliphatic rings. The Morgan fingerprint density at radius 1 is 0.157 bits per heavy atom. The molecule has 0 unspecified atom stereocenters. The van der Waals surface area contributed by atoms with Gasteiger partial charge >= 0.3 is 0 Å². The van der Waals surface area contributed by atoms with Crippen LogP contribution in [0.3, 0.4) is 0 Å². The summed E-state index contributed by atoms with van der Waals surface area (Å²) in [6.07, 6.45) is 27.8. The molecule has 8 aliphatic carbocycles. The summed E-state index contributed by atoms with van der Waals surface area (Å²) in [7, 11) is 0. The van der Waals surface area contributed by atoms with Crippen LogP contribution in [0.2, 0.25) is 0 Å². The summed E-state index contributed by atoms with van der Waals surface area (Å²) in [5.41, 5.74) is 83.5. The van der Waals surface area contributed by atoms with E-state index in [1.807, 2.05) is 31.0 Å². The number of benzene rings is 16. The monoisotopic (exact) mass is 1780 g/mol. The van der Waals surface area contributed by atoms with E-state index in [0.29, 0.717) is 0 Å². The number of hydrogen-bond donors (Lipinski definition) is 0. The zero-order valence-electron chi connectivity index (χ0n) is 77.2. The van der Waals surface area contributed by atoms with Gasteiger partial charge in [0.05, 0.1) is 74.5 Å². The van der Waals surface area contributed by atoms with Crippen molar-refractivity contribution in [2.24, 2.45) is 0 Å². The fourth-order valence-corrected chi connectivity index (χ4v) is 28.4. The van der Waals surface area contributed by atoms with Crippen molar-refractivity contribution in [2.75, 3.05) is 19.6 Å². The molecule has 12 heterocycles. The van der Waals surface area contributed by atoms with E-state index in [4.69, 9.17) is 9.97 Å². The van der Waals surface area contributed by atoms with E-state index in [2.05, 4.69) is 339 Å². The third-order valence-electron chi connectivity index (χ3n) is 34.2. The summed E-state index contributed by atoms with van der Waals surface area (Å²) in [6.45, 7) is 0. The molecule has 8 nitrogen and oxygen atoms in total. The van der Waals surface area contributed by atoms with Crippen LogP contribution >= 0.6 is 0 Å². The molecule has 8 heteroatoms. The molecule has 16 aromatic carbocycles. The number of hydrogen-bond acceptors (Lipinski definition) is 8. The van der Waals surface area contributed by atoms with Gasteiger partial charge in [0.25, 0.3) is 0 Å². The Kier molecular flexibility index (Phi) is 15.6. The Balaban J connectivity index is 0.0000000829. The van der Waals surface area contributed by atoms with Crippen molar-refractivity contribution in [3.8, 4) is 89.0 Å². The van der Waals surface area contributed by atoms with Crippen molar-refractivity contribution < 1.29 is 0 Å². The Bertz CT molecular complexity index is 8610. The largest absolute Gasteiger partial charge is 0.309 e. The molecule has 0 bridgehead atoms. The molecule has 140 heavy (non-hydrogen) atoms. The van der Waals surface area contributed by atoms with Gasteiger partial charge in [-0.15, -0.1) is 0 Å². The molecule has 0 saturated heterocycles. The highest BCUT2D eigenvalue weighted by Gasteiger charge is 2.43. The standard InChI is InChI=1S/4C33H22N2/c1-2-9-26-19(5-1)16-29-27(26)11-10-20-13-24-18-30-25(17-28(24)31(20)29)15-22-7-3-6-21-14-23-8-4-12-34-33(23)35(30)32(21)22;1-2-8-26-19(5-1)13-20-10-11-21-14-24-18-30-25(16-27(24)32(21)31(20)26)15-22-6-3-7-23-17-28-29(9-4-12-34-28)35(30)33(22)23;1-2-7-26-19(4-1)15-29-27(26)9-8-21-13-24-17-30-25(16-28(24)32(21)29)14-23-6-3-5-22-12-20-10-11-34-18-31(20)35(30)33(22)23;1-2-7-27-19(4-1)12-20-8-9-21-13-24-17-30-25(16-28(24)32(21)31(20)27)14-22-5-3-6-23-15-26-18-34-11-10-29(26)35(30)33(22)23/h1-12,17-18H,13-16H2;1-12,16,18H,13-15,17H2;2*1-11,16-18H,12-15H2. The van der Waals surface area contributed by atoms with Crippen LogP contribution in [0.15, 0.2) is 340 Å². The van der Waals surface area contributed by atoms with Gasteiger partial charge in [0.1, 0.15) is 5.82 Å². The molecule has 8 aliphatic heterocycles. The minimum absolute atomic E-state index is 0.910. The van der Waals surface area contributed by atoms with Gasteiger partial charge in [0.15, 0.2) is 0 Å². The van der Waals surface area contributed by atoms with Crippen LogP contribution in [-0.4, -0.2) is 19.9 Å². The molecule has 656 valence electrons. The molecule has 0 spiro atoms. The highest BCUT2D eigenvalue weighted by atomic mass is 15.2. The fourth-order valence-electron chi connectivity index (χ4n) is 28.4. The van der Waals surface area contributed by atoms with Crippen LogP contribution in [0.4, 0.5) is 68.4 Å². The summed E-state index contributed by atoms with van der Waals surface area (Å²) in [6, 6.07) is 115. The topological polar surface area (TPSA) is 64.5 Å². The molecule has 0 N–H and O–H groups in total. The first kappa shape index (κ1) is 76.5.